The number of fused-ring (bicyclic) bond motifs is 4. The Morgan fingerprint density at radius 1 is 0.737 bits per heavy atom. The number of H-pyrrole nitrogens is 2. The minimum Gasteiger partial charge on any atom is -0.403 e. The number of halogens is 3. The molecule has 1 atom stereocenters. The van der Waals surface area contributed by atoms with Crippen molar-refractivity contribution >= 4 is 100 Å². The van der Waals surface area contributed by atoms with E-state index >= 15 is 0 Å². The van der Waals surface area contributed by atoms with Gasteiger partial charge in [0.05, 0.1) is 11.2 Å². The summed E-state index contributed by atoms with van der Waals surface area (Å²) in [4.78, 5) is 25.5. The molecular formula is C43H54BBr2IN8O2. The van der Waals surface area contributed by atoms with Gasteiger partial charge in [0.2, 0.25) is 0 Å². The number of pyridine rings is 4. The van der Waals surface area contributed by atoms with Gasteiger partial charge in [-0.15, -0.1) is 0 Å². The van der Waals surface area contributed by atoms with E-state index in [0.717, 1.165) is 52.9 Å². The summed E-state index contributed by atoms with van der Waals surface area (Å²) >= 11 is 9.26. The lowest BCUT2D eigenvalue weighted by atomic mass is 9.69. The lowest BCUT2D eigenvalue weighted by Gasteiger charge is -2.32. The van der Waals surface area contributed by atoms with Gasteiger partial charge in [-0.3, -0.25) is 0 Å². The van der Waals surface area contributed by atoms with Gasteiger partial charge in [0, 0.05) is 96.9 Å². The molecule has 0 aliphatic carbocycles. The molecule has 0 aromatic carbocycles. The first-order valence-corrected chi connectivity index (χ1v) is 22.1. The third kappa shape index (κ3) is 11.1. The first kappa shape index (κ1) is 44.8. The van der Waals surface area contributed by atoms with Gasteiger partial charge in [0.15, 0.2) is 0 Å². The molecule has 2 aliphatic heterocycles. The molecule has 1 unspecified atom stereocenters. The van der Waals surface area contributed by atoms with Crippen molar-refractivity contribution in [1.29, 1.82) is 0 Å². The number of aromatic nitrogens is 7. The zero-order valence-corrected chi connectivity index (χ0v) is 39.8. The number of nitrogens with one attached hydrogen (secondary N) is 2. The van der Waals surface area contributed by atoms with E-state index in [1.807, 2.05) is 67.3 Å². The fourth-order valence-electron chi connectivity index (χ4n) is 6.32. The van der Waals surface area contributed by atoms with Crippen LogP contribution in [0.25, 0.3) is 33.1 Å². The molecule has 7 aromatic heterocycles. The highest BCUT2D eigenvalue weighted by Gasteiger charge is 2.56. The highest BCUT2D eigenvalue weighted by molar-refractivity contribution is 14.1. The maximum atomic E-state index is 6.26. The van der Waals surface area contributed by atoms with Gasteiger partial charge in [0.1, 0.15) is 22.8 Å². The highest BCUT2D eigenvalue weighted by Crippen LogP contribution is 2.45. The SMILES string of the molecule is Brc1c[nH]c2ncccc12.CC(C)I.CC(C)N1CC(B2OC(C)(C)C(C)(C)O2)c2cccnc21.CC(C)n1cc(Br)c2cccnc21.c1cnc2[nH]ccc2c1. The van der Waals surface area contributed by atoms with Crippen LogP contribution in [0.4, 0.5) is 5.82 Å². The van der Waals surface area contributed by atoms with Crippen molar-refractivity contribution in [1.82, 2.24) is 34.5 Å². The number of anilines is 1. The Labute approximate surface area is 367 Å². The summed E-state index contributed by atoms with van der Waals surface area (Å²) in [5.41, 5.74) is 3.59. The second-order valence-corrected chi connectivity index (χ2v) is 19.9. The summed E-state index contributed by atoms with van der Waals surface area (Å²) < 4.78 is 17.7. The molecule has 0 spiro atoms. The summed E-state index contributed by atoms with van der Waals surface area (Å²) in [5.74, 6) is 1.30. The summed E-state index contributed by atoms with van der Waals surface area (Å²) in [6.45, 7) is 22.3. The van der Waals surface area contributed by atoms with Crippen LogP contribution >= 0.6 is 54.5 Å². The summed E-state index contributed by atoms with van der Waals surface area (Å²) in [5, 5.41) is 3.47. The molecule has 9 rings (SSSR count). The molecule has 2 aliphatic rings. The van der Waals surface area contributed by atoms with Gasteiger partial charge in [0.25, 0.3) is 0 Å². The predicted molar refractivity (Wildman–Crippen MR) is 252 cm³/mol. The monoisotopic (exact) mass is 1010 g/mol. The van der Waals surface area contributed by atoms with Crippen molar-refractivity contribution in [2.45, 2.75) is 102 Å². The molecule has 14 heteroatoms. The lowest BCUT2D eigenvalue weighted by molar-refractivity contribution is 0.00578. The van der Waals surface area contributed by atoms with Crippen LogP contribution < -0.4 is 4.90 Å². The number of aromatic amines is 2. The van der Waals surface area contributed by atoms with Crippen LogP contribution in [0.2, 0.25) is 0 Å². The van der Waals surface area contributed by atoms with Crippen molar-refractivity contribution in [3.8, 4) is 0 Å². The number of hydrogen-bond acceptors (Lipinski definition) is 7. The topological polar surface area (TPSA) is 110 Å². The van der Waals surface area contributed by atoms with Crippen LogP contribution in [0.1, 0.15) is 86.7 Å². The fourth-order valence-corrected chi connectivity index (χ4v) is 7.28. The Morgan fingerprint density at radius 3 is 1.93 bits per heavy atom. The Bertz CT molecular complexity index is 2290. The van der Waals surface area contributed by atoms with Gasteiger partial charge in [-0.2, -0.15) is 0 Å². The van der Waals surface area contributed by atoms with Gasteiger partial charge >= 0.3 is 7.12 Å². The minimum absolute atomic E-state index is 0.207. The third-order valence-corrected chi connectivity index (χ3v) is 11.2. The molecule has 2 N–H and O–H groups in total. The van der Waals surface area contributed by atoms with Crippen molar-refractivity contribution in [2.75, 3.05) is 11.4 Å². The second-order valence-electron chi connectivity index (χ2n) is 15.7. The molecule has 7 aromatic rings. The molecule has 302 valence electrons. The van der Waals surface area contributed by atoms with Crippen LogP contribution in [0.15, 0.2) is 107 Å². The summed E-state index contributed by atoms with van der Waals surface area (Å²) in [7, 11) is -0.207. The normalized spacial score (nSPS) is 16.5. The number of rotatable bonds is 3. The molecule has 57 heavy (non-hydrogen) atoms. The van der Waals surface area contributed by atoms with E-state index in [4.69, 9.17) is 9.31 Å². The van der Waals surface area contributed by atoms with E-state index in [-0.39, 0.29) is 24.1 Å². The van der Waals surface area contributed by atoms with Crippen molar-refractivity contribution in [3.63, 3.8) is 0 Å². The van der Waals surface area contributed by atoms with Gasteiger partial charge in [-0.25, -0.2) is 19.9 Å². The van der Waals surface area contributed by atoms with E-state index in [9.17, 15) is 0 Å². The molecule has 0 amide bonds. The number of alkyl halides is 1. The highest BCUT2D eigenvalue weighted by atomic mass is 127. The Balaban J connectivity index is 0.000000148. The molecule has 10 nitrogen and oxygen atoms in total. The Morgan fingerprint density at radius 2 is 1.32 bits per heavy atom. The van der Waals surface area contributed by atoms with Gasteiger partial charge < -0.3 is 28.7 Å². The second kappa shape index (κ2) is 19.6. The molecule has 0 radical (unpaired) electrons. The van der Waals surface area contributed by atoms with Crippen molar-refractivity contribution in [3.05, 3.63) is 112 Å². The Hall–Kier alpha value is -3.31. The lowest BCUT2D eigenvalue weighted by Crippen LogP contribution is -2.41. The Kier molecular flexibility index (Phi) is 15.4. The third-order valence-electron chi connectivity index (χ3n) is 9.92. The van der Waals surface area contributed by atoms with Crippen LogP contribution in [-0.2, 0) is 9.31 Å². The summed E-state index contributed by atoms with van der Waals surface area (Å²) in [6.07, 6.45) is 13.1. The molecule has 1 fully saturated rings. The number of nitrogens with zero attached hydrogens (tertiary/aromatic N) is 6. The maximum Gasteiger partial charge on any atom is 0.467 e. The minimum atomic E-state index is -0.286. The first-order chi connectivity index (χ1) is 27.0. The molecule has 0 bridgehead atoms. The van der Waals surface area contributed by atoms with Gasteiger partial charge in [-0.05, 0) is 141 Å². The average Bonchev–Trinajstić information content (AvgIpc) is 3.99. The van der Waals surface area contributed by atoms with Crippen molar-refractivity contribution in [2.24, 2.45) is 0 Å². The van der Waals surface area contributed by atoms with E-state index in [1.165, 1.54) is 10.9 Å². The molecule has 9 heterocycles. The molecular weight excluding hydrogens is 958 g/mol. The number of hydrogen-bond donors (Lipinski definition) is 2. The van der Waals surface area contributed by atoms with Crippen LogP contribution in [0.3, 0.4) is 0 Å². The first-order valence-electron chi connectivity index (χ1n) is 19.3. The quantitative estimate of drug-likeness (QED) is 0.103. The zero-order valence-electron chi connectivity index (χ0n) is 34.5. The standard InChI is InChI=1S/C16H25BN2O2.C10H11BrN2.C7H5BrN2.C7H6N2.C3H7I/c1-11(2)19-10-13(12-8-7-9-18-14(12)19)17-20-15(3,4)16(5,6)21-17;1-7(2)13-6-9(11)8-4-3-5-12-10(8)13;8-6-4-10-7-5(6)2-1-3-9-7;1-2-6-3-5-9-7(6)8-4-1;1-3(2)4/h7-9,11,13H,10H2,1-6H3;3-7H,1-2H3;1-4H,(H,9,10);1-5H,(H,8,9);3H,1-2H3. The van der Waals surface area contributed by atoms with Gasteiger partial charge in [-0.1, -0.05) is 42.5 Å². The molecule has 1 saturated heterocycles. The smallest absolute Gasteiger partial charge is 0.403 e. The van der Waals surface area contributed by atoms with Crippen LogP contribution in [0.5, 0.6) is 0 Å². The van der Waals surface area contributed by atoms with E-state index < -0.39 is 0 Å². The summed E-state index contributed by atoms with van der Waals surface area (Å²) in [6, 6.07) is 18.9. The maximum absolute atomic E-state index is 6.26. The molecule has 0 saturated carbocycles. The largest absolute Gasteiger partial charge is 0.467 e. The van der Waals surface area contributed by atoms with Crippen LogP contribution in [0, 0.1) is 0 Å². The van der Waals surface area contributed by atoms with E-state index in [2.05, 4.69) is 181 Å². The van der Waals surface area contributed by atoms with Crippen molar-refractivity contribution < 1.29 is 9.31 Å². The fraction of sp³-hybridized carbons (Fsp3) is 0.395. The average molecular weight is 1010 g/mol. The van der Waals surface area contributed by atoms with E-state index in [0.29, 0.717) is 12.1 Å². The predicted octanol–water partition coefficient (Wildman–Crippen LogP) is 12.1. The van der Waals surface area contributed by atoms with E-state index in [1.54, 1.807) is 12.4 Å². The zero-order chi connectivity index (χ0) is 41.5. The van der Waals surface area contributed by atoms with Crippen LogP contribution in [-0.4, -0.2) is 69.3 Å².